The molecule has 0 aliphatic carbocycles. The maximum Gasteiger partial charge on any atom is 0.162 e. The molecule has 0 aliphatic rings. The van der Waals surface area contributed by atoms with Crippen molar-refractivity contribution in [2.24, 2.45) is 0 Å². The monoisotopic (exact) mass is 234 g/mol. The highest BCUT2D eigenvalue weighted by Gasteiger charge is 2.06. The van der Waals surface area contributed by atoms with Gasteiger partial charge < -0.3 is 20.5 Å². The first-order valence-electron chi connectivity index (χ1n) is 5.02. The van der Waals surface area contributed by atoms with Gasteiger partial charge in [-0.3, -0.25) is 5.10 Å². The van der Waals surface area contributed by atoms with E-state index in [1.165, 1.54) is 0 Å². The summed E-state index contributed by atoms with van der Waals surface area (Å²) in [7, 11) is 3.19. The number of nitrogens with two attached hydrogens (primary N) is 1. The van der Waals surface area contributed by atoms with Crippen LogP contribution in [0.1, 0.15) is 0 Å². The highest BCUT2D eigenvalue weighted by atomic mass is 16.5. The summed E-state index contributed by atoms with van der Waals surface area (Å²) in [5, 5.41) is 9.60. The molecule has 0 spiro atoms. The van der Waals surface area contributed by atoms with Gasteiger partial charge in [-0.05, 0) is 12.1 Å². The second kappa shape index (κ2) is 4.65. The van der Waals surface area contributed by atoms with Crippen molar-refractivity contribution in [1.82, 2.24) is 10.2 Å². The predicted molar refractivity (Wildman–Crippen MR) is 65.8 cm³/mol. The van der Waals surface area contributed by atoms with Crippen LogP contribution in [0.15, 0.2) is 24.4 Å². The van der Waals surface area contributed by atoms with Gasteiger partial charge in [-0.15, -0.1) is 0 Å². The van der Waals surface area contributed by atoms with E-state index in [1.54, 1.807) is 20.4 Å². The average Bonchev–Trinajstić information content (AvgIpc) is 2.75. The Morgan fingerprint density at radius 1 is 1.24 bits per heavy atom. The molecule has 0 bridgehead atoms. The summed E-state index contributed by atoms with van der Waals surface area (Å²) < 4.78 is 10.4. The number of anilines is 3. The lowest BCUT2D eigenvalue weighted by Gasteiger charge is -2.10. The molecule has 1 aromatic carbocycles. The highest BCUT2D eigenvalue weighted by Crippen LogP contribution is 2.31. The van der Waals surface area contributed by atoms with E-state index < -0.39 is 0 Å². The fraction of sp³-hybridized carbons (Fsp3) is 0.182. The fourth-order valence-corrected chi connectivity index (χ4v) is 1.47. The minimum atomic E-state index is 0.486. The molecule has 2 aromatic rings. The predicted octanol–water partition coefficient (Wildman–Crippen LogP) is 1.75. The molecule has 1 heterocycles. The van der Waals surface area contributed by atoms with Crippen LogP contribution in [0.5, 0.6) is 11.5 Å². The molecule has 0 saturated heterocycles. The van der Waals surface area contributed by atoms with E-state index in [-0.39, 0.29) is 0 Å². The molecule has 0 atom stereocenters. The molecule has 0 aliphatic heterocycles. The minimum absolute atomic E-state index is 0.486. The smallest absolute Gasteiger partial charge is 0.162 e. The number of hydrogen-bond acceptors (Lipinski definition) is 5. The van der Waals surface area contributed by atoms with Crippen molar-refractivity contribution in [2.45, 2.75) is 0 Å². The standard InChI is InChI=1S/C11H14N4O2/c1-16-9-4-3-7(5-10(9)17-2)14-8-6-13-15-11(8)12/h3-6,14H,1-2H3,(H3,12,13,15). The van der Waals surface area contributed by atoms with Gasteiger partial charge in [0.2, 0.25) is 0 Å². The Bertz CT molecular complexity index is 510. The SMILES string of the molecule is COc1ccc(Nc2cn[nH]c2N)cc1OC. The number of rotatable bonds is 4. The Balaban J connectivity index is 2.25. The normalized spacial score (nSPS) is 10.0. The molecular weight excluding hydrogens is 220 g/mol. The van der Waals surface area contributed by atoms with Gasteiger partial charge in [-0.25, -0.2) is 0 Å². The zero-order valence-electron chi connectivity index (χ0n) is 9.65. The summed E-state index contributed by atoms with van der Waals surface area (Å²) in [6, 6.07) is 5.51. The number of benzene rings is 1. The maximum absolute atomic E-state index is 5.68. The van der Waals surface area contributed by atoms with Crippen molar-refractivity contribution in [1.29, 1.82) is 0 Å². The number of H-pyrrole nitrogens is 1. The lowest BCUT2D eigenvalue weighted by molar-refractivity contribution is 0.355. The van der Waals surface area contributed by atoms with E-state index in [1.807, 2.05) is 18.2 Å². The van der Waals surface area contributed by atoms with Crippen molar-refractivity contribution in [3.8, 4) is 11.5 Å². The van der Waals surface area contributed by atoms with Crippen molar-refractivity contribution in [3.63, 3.8) is 0 Å². The minimum Gasteiger partial charge on any atom is -0.493 e. The number of nitrogens with one attached hydrogen (secondary N) is 2. The zero-order valence-corrected chi connectivity index (χ0v) is 9.65. The maximum atomic E-state index is 5.68. The Labute approximate surface area is 98.7 Å². The molecule has 0 amide bonds. The number of aromatic nitrogens is 2. The van der Waals surface area contributed by atoms with Gasteiger partial charge in [0.1, 0.15) is 11.5 Å². The average molecular weight is 234 g/mol. The van der Waals surface area contributed by atoms with Crippen LogP contribution in [0.3, 0.4) is 0 Å². The van der Waals surface area contributed by atoms with E-state index in [9.17, 15) is 0 Å². The highest BCUT2D eigenvalue weighted by molar-refractivity contribution is 5.70. The van der Waals surface area contributed by atoms with Crippen molar-refractivity contribution < 1.29 is 9.47 Å². The summed E-state index contributed by atoms with van der Waals surface area (Å²) in [5.41, 5.74) is 7.24. The first-order valence-corrected chi connectivity index (χ1v) is 5.02. The van der Waals surface area contributed by atoms with E-state index in [0.29, 0.717) is 17.3 Å². The molecule has 90 valence electrons. The first-order chi connectivity index (χ1) is 8.24. The Kier molecular flexibility index (Phi) is 3.04. The van der Waals surface area contributed by atoms with Crippen LogP contribution in [0.25, 0.3) is 0 Å². The number of nitrogen functional groups attached to an aromatic ring is 1. The number of hydrogen-bond donors (Lipinski definition) is 3. The second-order valence-corrected chi connectivity index (χ2v) is 3.39. The molecule has 4 N–H and O–H groups in total. The third-order valence-electron chi connectivity index (χ3n) is 2.33. The first kappa shape index (κ1) is 11.1. The van der Waals surface area contributed by atoms with Crippen molar-refractivity contribution in [2.75, 3.05) is 25.3 Å². The van der Waals surface area contributed by atoms with Crippen LogP contribution in [0.2, 0.25) is 0 Å². The van der Waals surface area contributed by atoms with Crippen LogP contribution < -0.4 is 20.5 Å². The van der Waals surface area contributed by atoms with E-state index in [0.717, 1.165) is 11.4 Å². The molecule has 1 aromatic heterocycles. The van der Waals surface area contributed by atoms with Gasteiger partial charge in [0.05, 0.1) is 20.4 Å². The zero-order chi connectivity index (χ0) is 12.3. The quantitative estimate of drug-likeness (QED) is 0.750. The van der Waals surface area contributed by atoms with Gasteiger partial charge in [0.25, 0.3) is 0 Å². The number of nitrogens with zero attached hydrogens (tertiary/aromatic N) is 1. The van der Waals surface area contributed by atoms with Crippen LogP contribution in [-0.4, -0.2) is 24.4 Å². The van der Waals surface area contributed by atoms with Gasteiger partial charge >= 0.3 is 0 Å². The van der Waals surface area contributed by atoms with Crippen LogP contribution in [0, 0.1) is 0 Å². The Morgan fingerprint density at radius 2 is 2.00 bits per heavy atom. The number of methoxy groups -OCH3 is 2. The number of ether oxygens (including phenoxy) is 2. The Morgan fingerprint density at radius 3 is 2.59 bits per heavy atom. The number of aromatic amines is 1. The van der Waals surface area contributed by atoms with Gasteiger partial charge in [0.15, 0.2) is 11.5 Å². The van der Waals surface area contributed by atoms with Crippen molar-refractivity contribution in [3.05, 3.63) is 24.4 Å². The summed E-state index contributed by atoms with van der Waals surface area (Å²) in [5.74, 6) is 1.82. The van der Waals surface area contributed by atoms with Gasteiger partial charge in [0, 0.05) is 11.8 Å². The molecule has 2 rings (SSSR count). The van der Waals surface area contributed by atoms with Gasteiger partial charge in [-0.2, -0.15) is 5.10 Å². The largest absolute Gasteiger partial charge is 0.493 e. The summed E-state index contributed by atoms with van der Waals surface area (Å²) >= 11 is 0. The van der Waals surface area contributed by atoms with Crippen LogP contribution in [-0.2, 0) is 0 Å². The third-order valence-corrected chi connectivity index (χ3v) is 2.33. The second-order valence-electron chi connectivity index (χ2n) is 3.39. The molecule has 0 fully saturated rings. The molecular formula is C11H14N4O2. The van der Waals surface area contributed by atoms with Gasteiger partial charge in [-0.1, -0.05) is 0 Å². The van der Waals surface area contributed by atoms with E-state index in [2.05, 4.69) is 15.5 Å². The van der Waals surface area contributed by atoms with E-state index >= 15 is 0 Å². The lowest BCUT2D eigenvalue weighted by atomic mass is 10.2. The van der Waals surface area contributed by atoms with E-state index in [4.69, 9.17) is 15.2 Å². The molecule has 17 heavy (non-hydrogen) atoms. The Hall–Kier alpha value is -2.37. The van der Waals surface area contributed by atoms with Crippen molar-refractivity contribution >= 4 is 17.2 Å². The summed E-state index contributed by atoms with van der Waals surface area (Å²) in [4.78, 5) is 0. The molecule has 6 heteroatoms. The molecule has 0 radical (unpaired) electrons. The summed E-state index contributed by atoms with van der Waals surface area (Å²) in [6.07, 6.45) is 1.62. The van der Waals surface area contributed by atoms with Crippen LogP contribution in [0.4, 0.5) is 17.2 Å². The van der Waals surface area contributed by atoms with Crippen LogP contribution >= 0.6 is 0 Å². The topological polar surface area (TPSA) is 85.2 Å². The molecule has 0 unspecified atom stereocenters. The fourth-order valence-electron chi connectivity index (χ4n) is 1.47. The summed E-state index contributed by atoms with van der Waals surface area (Å²) in [6.45, 7) is 0. The molecule has 0 saturated carbocycles. The lowest BCUT2D eigenvalue weighted by Crippen LogP contribution is -1.96. The molecule has 6 nitrogen and oxygen atoms in total. The third kappa shape index (κ3) is 2.25.